The number of anilines is 2. The molecule has 0 fully saturated rings. The number of carbonyl (C=O) groups excluding carboxylic acids is 2. The molecule has 1 heterocycles. The topological polar surface area (TPSA) is 58.6 Å². The summed E-state index contributed by atoms with van der Waals surface area (Å²) >= 11 is 11.9. The van der Waals surface area contributed by atoms with Gasteiger partial charge in [-0.2, -0.15) is 0 Å². The molecule has 0 saturated heterocycles. The zero-order valence-corrected chi connectivity index (χ0v) is 17.1. The van der Waals surface area contributed by atoms with E-state index in [0.717, 1.165) is 5.56 Å². The molecule has 0 unspecified atom stereocenters. The maximum atomic E-state index is 13.0. The summed E-state index contributed by atoms with van der Waals surface area (Å²) in [6.07, 6.45) is 0. The summed E-state index contributed by atoms with van der Waals surface area (Å²) in [5.74, 6) is 0.433. The van der Waals surface area contributed by atoms with Gasteiger partial charge in [0, 0.05) is 18.3 Å². The van der Waals surface area contributed by atoms with Crippen molar-refractivity contribution in [2.75, 3.05) is 17.3 Å². The minimum Gasteiger partial charge on any atom is -0.454 e. The number of fused-ring (bicyclic) bond motifs is 2. The highest BCUT2D eigenvalue weighted by molar-refractivity contribution is 6.42. The van der Waals surface area contributed by atoms with Crippen LogP contribution in [0.5, 0.6) is 11.5 Å². The number of aryl methyl sites for hydroxylation is 1. The van der Waals surface area contributed by atoms with Crippen LogP contribution in [0.2, 0.25) is 10.0 Å². The molecule has 0 aromatic heterocycles. The molecule has 29 heavy (non-hydrogen) atoms. The second kappa shape index (κ2) is 7.43. The van der Waals surface area contributed by atoms with Crippen LogP contribution < -0.4 is 15.0 Å². The predicted octanol–water partition coefficient (Wildman–Crippen LogP) is 5.94. The van der Waals surface area contributed by atoms with E-state index >= 15 is 0 Å². The summed E-state index contributed by atoms with van der Waals surface area (Å²) in [5.41, 5.74) is 2.89. The van der Waals surface area contributed by atoms with Crippen LogP contribution >= 0.6 is 23.2 Å². The Balaban J connectivity index is 1.65. The van der Waals surface area contributed by atoms with E-state index in [1.807, 2.05) is 25.1 Å². The molecule has 5 nitrogen and oxygen atoms in total. The van der Waals surface area contributed by atoms with E-state index < -0.39 is 0 Å². The van der Waals surface area contributed by atoms with Crippen molar-refractivity contribution in [3.63, 3.8) is 0 Å². The molecule has 0 saturated carbocycles. The third-order valence-corrected chi connectivity index (χ3v) is 5.39. The number of carbonyl (C=O) groups is 2. The number of rotatable bonds is 2. The number of halogens is 2. The molecule has 3 aromatic carbocycles. The molecule has 2 amide bonds. The monoisotopic (exact) mass is 426 g/mol. The Morgan fingerprint density at radius 1 is 0.966 bits per heavy atom. The van der Waals surface area contributed by atoms with Gasteiger partial charge < -0.3 is 15.0 Å². The average Bonchev–Trinajstić information content (AvgIpc) is 2.80. The van der Waals surface area contributed by atoms with Gasteiger partial charge in [-0.15, -0.1) is 0 Å². The van der Waals surface area contributed by atoms with Crippen molar-refractivity contribution in [3.05, 3.63) is 81.3 Å². The lowest BCUT2D eigenvalue weighted by molar-refractivity contribution is 0.0990. The minimum atomic E-state index is -0.363. The maximum Gasteiger partial charge on any atom is 0.261 e. The lowest BCUT2D eigenvalue weighted by Gasteiger charge is -2.16. The van der Waals surface area contributed by atoms with Crippen LogP contribution in [0.1, 0.15) is 26.3 Å². The van der Waals surface area contributed by atoms with Crippen LogP contribution in [0.25, 0.3) is 0 Å². The largest absolute Gasteiger partial charge is 0.454 e. The van der Waals surface area contributed by atoms with Crippen molar-refractivity contribution < 1.29 is 14.3 Å². The van der Waals surface area contributed by atoms with Gasteiger partial charge in [0.2, 0.25) is 0 Å². The van der Waals surface area contributed by atoms with Crippen molar-refractivity contribution in [2.45, 2.75) is 6.92 Å². The number of nitrogens with zero attached hydrogens (tertiary/aromatic N) is 1. The molecule has 0 atom stereocenters. The highest BCUT2D eigenvalue weighted by atomic mass is 35.5. The first-order valence-electron chi connectivity index (χ1n) is 8.80. The third-order valence-electron chi connectivity index (χ3n) is 4.65. The highest BCUT2D eigenvalue weighted by Crippen LogP contribution is 2.39. The van der Waals surface area contributed by atoms with Gasteiger partial charge in [0.05, 0.1) is 21.3 Å². The Hall–Kier alpha value is -3.02. The molecule has 0 aliphatic carbocycles. The lowest BCUT2D eigenvalue weighted by Crippen LogP contribution is -2.25. The van der Waals surface area contributed by atoms with Gasteiger partial charge in [-0.25, -0.2) is 0 Å². The Morgan fingerprint density at radius 3 is 2.48 bits per heavy atom. The average molecular weight is 427 g/mol. The van der Waals surface area contributed by atoms with E-state index in [1.54, 1.807) is 42.3 Å². The molecule has 3 aromatic rings. The molecular formula is C22H16Cl2N2O3. The summed E-state index contributed by atoms with van der Waals surface area (Å²) < 4.78 is 5.96. The number of benzene rings is 3. The highest BCUT2D eigenvalue weighted by Gasteiger charge is 2.26. The maximum absolute atomic E-state index is 13.0. The van der Waals surface area contributed by atoms with Crippen molar-refractivity contribution in [1.82, 2.24) is 0 Å². The number of nitrogens with one attached hydrogen (secondary N) is 1. The van der Waals surface area contributed by atoms with E-state index in [0.29, 0.717) is 44.0 Å². The van der Waals surface area contributed by atoms with E-state index in [1.165, 1.54) is 6.07 Å². The van der Waals surface area contributed by atoms with Gasteiger partial charge in [0.1, 0.15) is 5.75 Å². The fraction of sp³-hybridized carbons (Fsp3) is 0.0909. The van der Waals surface area contributed by atoms with Crippen molar-refractivity contribution >= 4 is 46.4 Å². The van der Waals surface area contributed by atoms with Crippen molar-refractivity contribution in [3.8, 4) is 11.5 Å². The van der Waals surface area contributed by atoms with Crippen LogP contribution in [-0.2, 0) is 0 Å². The first-order valence-corrected chi connectivity index (χ1v) is 9.56. The van der Waals surface area contributed by atoms with Crippen LogP contribution in [-0.4, -0.2) is 18.9 Å². The lowest BCUT2D eigenvalue weighted by atomic mass is 10.1. The quantitative estimate of drug-likeness (QED) is 0.551. The summed E-state index contributed by atoms with van der Waals surface area (Å²) in [6.45, 7) is 1.95. The van der Waals surface area contributed by atoms with E-state index in [9.17, 15) is 9.59 Å². The van der Waals surface area contributed by atoms with Gasteiger partial charge >= 0.3 is 0 Å². The van der Waals surface area contributed by atoms with Crippen molar-refractivity contribution in [2.24, 2.45) is 0 Å². The SMILES string of the molecule is Cc1ccc2c(c1)N(C)C(=O)c1cc(NC(=O)c3ccc(Cl)c(Cl)c3)ccc1O2. The first-order chi connectivity index (χ1) is 13.8. The van der Waals surface area contributed by atoms with Crippen LogP contribution in [0.3, 0.4) is 0 Å². The number of amides is 2. The van der Waals surface area contributed by atoms with E-state index in [-0.39, 0.29) is 11.8 Å². The Labute approximate surface area is 177 Å². The smallest absolute Gasteiger partial charge is 0.261 e. The van der Waals surface area contributed by atoms with E-state index in [2.05, 4.69) is 5.32 Å². The molecular weight excluding hydrogens is 411 g/mol. The van der Waals surface area contributed by atoms with Crippen LogP contribution in [0.15, 0.2) is 54.6 Å². The summed E-state index contributed by atoms with van der Waals surface area (Å²) in [5, 5.41) is 3.43. The normalized spacial score (nSPS) is 12.6. The molecule has 1 aliphatic rings. The minimum absolute atomic E-state index is 0.227. The first kappa shape index (κ1) is 19.3. The fourth-order valence-electron chi connectivity index (χ4n) is 3.09. The van der Waals surface area contributed by atoms with Crippen LogP contribution in [0.4, 0.5) is 11.4 Å². The Kier molecular flexibility index (Phi) is 4.94. The fourth-order valence-corrected chi connectivity index (χ4v) is 3.39. The molecule has 0 spiro atoms. The van der Waals surface area contributed by atoms with Gasteiger partial charge in [0.25, 0.3) is 11.8 Å². The number of hydrogen-bond donors (Lipinski definition) is 1. The van der Waals surface area contributed by atoms with Gasteiger partial charge in [-0.3, -0.25) is 9.59 Å². The predicted molar refractivity (Wildman–Crippen MR) is 115 cm³/mol. The van der Waals surface area contributed by atoms with Crippen LogP contribution in [0, 0.1) is 6.92 Å². The number of ether oxygens (including phenoxy) is 1. The zero-order chi connectivity index (χ0) is 20.7. The standard InChI is InChI=1S/C22H16Cl2N2O3/c1-12-3-7-20-18(9-12)26(2)22(28)15-11-14(5-8-19(15)29-20)25-21(27)13-4-6-16(23)17(24)10-13/h3-11H,1-2H3,(H,25,27). The molecule has 0 radical (unpaired) electrons. The third kappa shape index (κ3) is 3.67. The van der Waals surface area contributed by atoms with Gasteiger partial charge in [-0.1, -0.05) is 29.3 Å². The van der Waals surface area contributed by atoms with Crippen molar-refractivity contribution in [1.29, 1.82) is 0 Å². The molecule has 146 valence electrons. The molecule has 4 rings (SSSR count). The summed E-state index contributed by atoms with van der Waals surface area (Å²) in [7, 11) is 1.69. The van der Waals surface area contributed by atoms with Gasteiger partial charge in [-0.05, 0) is 61.0 Å². The summed E-state index contributed by atoms with van der Waals surface area (Å²) in [4.78, 5) is 27.1. The Morgan fingerprint density at radius 2 is 1.72 bits per heavy atom. The second-order valence-corrected chi connectivity index (χ2v) is 7.55. The summed E-state index contributed by atoms with van der Waals surface area (Å²) in [6, 6.07) is 15.2. The molecule has 1 N–H and O–H groups in total. The molecule has 1 aliphatic heterocycles. The molecule has 0 bridgehead atoms. The number of hydrogen-bond acceptors (Lipinski definition) is 3. The van der Waals surface area contributed by atoms with Gasteiger partial charge in [0.15, 0.2) is 5.75 Å². The van der Waals surface area contributed by atoms with E-state index in [4.69, 9.17) is 27.9 Å². The molecule has 7 heteroatoms. The zero-order valence-electron chi connectivity index (χ0n) is 15.6. The second-order valence-electron chi connectivity index (χ2n) is 6.73. The Bertz CT molecular complexity index is 1160.